The van der Waals surface area contributed by atoms with Crippen molar-refractivity contribution in [2.24, 2.45) is 0 Å². The topological polar surface area (TPSA) is 24.9 Å². The summed E-state index contributed by atoms with van der Waals surface area (Å²) in [5.74, 6) is 0.938. The van der Waals surface area contributed by atoms with Gasteiger partial charge < -0.3 is 5.32 Å². The van der Waals surface area contributed by atoms with Gasteiger partial charge in [0.1, 0.15) is 5.82 Å². The second-order valence-corrected chi connectivity index (χ2v) is 3.38. The number of aromatic nitrogens is 1. The summed E-state index contributed by atoms with van der Waals surface area (Å²) in [5.41, 5.74) is 1.35. The molecule has 0 radical (unpaired) electrons. The van der Waals surface area contributed by atoms with Gasteiger partial charge in [0.15, 0.2) is 0 Å². The van der Waals surface area contributed by atoms with E-state index in [1.165, 1.54) is 5.56 Å². The molecule has 0 unspecified atom stereocenters. The third-order valence-electron chi connectivity index (χ3n) is 2.23. The molecule has 1 N–H and O–H groups in total. The summed E-state index contributed by atoms with van der Waals surface area (Å²) in [6.45, 7) is 0.918. The number of pyridine rings is 1. The Morgan fingerprint density at radius 3 is 2.47 bits per heavy atom. The maximum absolute atomic E-state index is 4.20. The Morgan fingerprint density at radius 2 is 1.73 bits per heavy atom. The number of hydrogen-bond donors (Lipinski definition) is 1. The number of anilines is 1. The van der Waals surface area contributed by atoms with E-state index in [0.717, 1.165) is 18.8 Å². The number of nitrogens with one attached hydrogen (secondary N) is 1. The molecule has 0 fully saturated rings. The van der Waals surface area contributed by atoms with Gasteiger partial charge in [-0.1, -0.05) is 36.4 Å². The molecule has 0 saturated carbocycles. The van der Waals surface area contributed by atoms with Gasteiger partial charge >= 0.3 is 0 Å². The molecule has 76 valence electrons. The third kappa shape index (κ3) is 3.09. The maximum Gasteiger partial charge on any atom is 0.125 e. The largest absolute Gasteiger partial charge is 0.370 e. The molecule has 0 spiro atoms. The lowest BCUT2D eigenvalue weighted by molar-refractivity contribution is 1.01. The molecular weight excluding hydrogens is 184 g/mol. The number of rotatable bonds is 4. The summed E-state index contributed by atoms with van der Waals surface area (Å²) < 4.78 is 0. The van der Waals surface area contributed by atoms with Crippen LogP contribution in [0.1, 0.15) is 5.56 Å². The van der Waals surface area contributed by atoms with Gasteiger partial charge in [-0.15, -0.1) is 0 Å². The molecule has 2 aromatic rings. The predicted octanol–water partition coefficient (Wildman–Crippen LogP) is 2.74. The lowest BCUT2D eigenvalue weighted by Crippen LogP contribution is -2.05. The van der Waals surface area contributed by atoms with E-state index in [1.807, 2.05) is 24.3 Å². The molecule has 15 heavy (non-hydrogen) atoms. The monoisotopic (exact) mass is 198 g/mol. The van der Waals surface area contributed by atoms with E-state index in [2.05, 4.69) is 34.6 Å². The zero-order valence-corrected chi connectivity index (χ0v) is 8.56. The highest BCUT2D eigenvalue weighted by atomic mass is 15.0. The van der Waals surface area contributed by atoms with Crippen LogP contribution in [-0.2, 0) is 6.42 Å². The second kappa shape index (κ2) is 5.15. The van der Waals surface area contributed by atoms with Gasteiger partial charge in [-0.2, -0.15) is 0 Å². The van der Waals surface area contributed by atoms with E-state index in [9.17, 15) is 0 Å². The lowest BCUT2D eigenvalue weighted by atomic mass is 10.1. The van der Waals surface area contributed by atoms with Crippen molar-refractivity contribution < 1.29 is 0 Å². The van der Waals surface area contributed by atoms with Crippen LogP contribution in [0, 0.1) is 0 Å². The quantitative estimate of drug-likeness (QED) is 0.817. The van der Waals surface area contributed by atoms with Crippen LogP contribution in [0.3, 0.4) is 0 Å². The van der Waals surface area contributed by atoms with E-state index >= 15 is 0 Å². The van der Waals surface area contributed by atoms with E-state index in [0.29, 0.717) is 0 Å². The molecule has 2 heteroatoms. The predicted molar refractivity (Wildman–Crippen MR) is 62.9 cm³/mol. The summed E-state index contributed by atoms with van der Waals surface area (Å²) in [5, 5.41) is 3.28. The SMILES string of the molecule is c1ccc(CCNc2ccccn2)cc1. The van der Waals surface area contributed by atoms with Crippen molar-refractivity contribution in [2.45, 2.75) is 6.42 Å². The van der Waals surface area contributed by atoms with Gasteiger partial charge in [-0.3, -0.25) is 0 Å². The highest BCUT2D eigenvalue weighted by Gasteiger charge is 1.92. The zero-order valence-electron chi connectivity index (χ0n) is 8.56. The molecule has 0 aliphatic carbocycles. The lowest BCUT2D eigenvalue weighted by Gasteiger charge is -2.04. The van der Waals surface area contributed by atoms with Crippen LogP contribution in [0.15, 0.2) is 54.7 Å². The molecule has 0 aliphatic rings. The number of benzene rings is 1. The first-order chi connectivity index (χ1) is 7.45. The average Bonchev–Trinajstić information content (AvgIpc) is 2.32. The van der Waals surface area contributed by atoms with Gasteiger partial charge in [0.2, 0.25) is 0 Å². The molecule has 0 aliphatic heterocycles. The van der Waals surface area contributed by atoms with Gasteiger partial charge in [-0.25, -0.2) is 4.98 Å². The van der Waals surface area contributed by atoms with Crippen LogP contribution in [0.5, 0.6) is 0 Å². The zero-order chi connectivity index (χ0) is 10.3. The van der Waals surface area contributed by atoms with Gasteiger partial charge in [0.25, 0.3) is 0 Å². The Labute approximate surface area is 90.0 Å². The molecule has 1 heterocycles. The van der Waals surface area contributed by atoms with Crippen LogP contribution in [0.2, 0.25) is 0 Å². The first-order valence-corrected chi connectivity index (χ1v) is 5.14. The van der Waals surface area contributed by atoms with Crippen LogP contribution in [0.4, 0.5) is 5.82 Å². The van der Waals surface area contributed by atoms with Crippen LogP contribution >= 0.6 is 0 Å². The fourth-order valence-corrected chi connectivity index (χ4v) is 1.45. The minimum atomic E-state index is 0.918. The summed E-state index contributed by atoms with van der Waals surface area (Å²) in [6, 6.07) is 16.3. The van der Waals surface area contributed by atoms with Crippen LogP contribution in [0.25, 0.3) is 0 Å². The fourth-order valence-electron chi connectivity index (χ4n) is 1.45. The van der Waals surface area contributed by atoms with Crippen molar-refractivity contribution in [1.82, 2.24) is 4.98 Å². The normalized spacial score (nSPS) is 9.87. The van der Waals surface area contributed by atoms with Crippen molar-refractivity contribution in [2.75, 3.05) is 11.9 Å². The van der Waals surface area contributed by atoms with Crippen LogP contribution in [-0.4, -0.2) is 11.5 Å². The number of hydrogen-bond acceptors (Lipinski definition) is 2. The van der Waals surface area contributed by atoms with Gasteiger partial charge in [0.05, 0.1) is 0 Å². The van der Waals surface area contributed by atoms with Crippen molar-refractivity contribution >= 4 is 5.82 Å². The second-order valence-electron chi connectivity index (χ2n) is 3.38. The highest BCUT2D eigenvalue weighted by Crippen LogP contribution is 2.02. The van der Waals surface area contributed by atoms with E-state index in [1.54, 1.807) is 6.20 Å². The fraction of sp³-hybridized carbons (Fsp3) is 0.154. The van der Waals surface area contributed by atoms with Gasteiger partial charge in [-0.05, 0) is 24.1 Å². The Kier molecular flexibility index (Phi) is 3.34. The molecular formula is C13H14N2. The molecule has 1 aromatic carbocycles. The molecule has 0 atom stereocenters. The Morgan fingerprint density at radius 1 is 0.933 bits per heavy atom. The summed E-state index contributed by atoms with van der Waals surface area (Å²) >= 11 is 0. The minimum absolute atomic E-state index is 0.918. The number of nitrogens with zero attached hydrogens (tertiary/aromatic N) is 1. The molecule has 2 rings (SSSR count). The molecule has 1 aromatic heterocycles. The van der Waals surface area contributed by atoms with Crippen molar-refractivity contribution in [1.29, 1.82) is 0 Å². The average molecular weight is 198 g/mol. The first-order valence-electron chi connectivity index (χ1n) is 5.14. The molecule has 0 bridgehead atoms. The molecule has 0 amide bonds. The first kappa shape index (κ1) is 9.71. The molecule has 0 saturated heterocycles. The van der Waals surface area contributed by atoms with Crippen molar-refractivity contribution in [3.8, 4) is 0 Å². The van der Waals surface area contributed by atoms with Gasteiger partial charge in [0, 0.05) is 12.7 Å². The third-order valence-corrected chi connectivity index (χ3v) is 2.23. The highest BCUT2D eigenvalue weighted by molar-refractivity contribution is 5.33. The summed E-state index contributed by atoms with van der Waals surface area (Å²) in [7, 11) is 0. The summed E-state index contributed by atoms with van der Waals surface area (Å²) in [6.07, 6.45) is 2.82. The van der Waals surface area contributed by atoms with Crippen LogP contribution < -0.4 is 5.32 Å². The van der Waals surface area contributed by atoms with Crippen molar-refractivity contribution in [3.63, 3.8) is 0 Å². The Balaban J connectivity index is 1.81. The van der Waals surface area contributed by atoms with Crippen molar-refractivity contribution in [3.05, 3.63) is 60.3 Å². The minimum Gasteiger partial charge on any atom is -0.370 e. The Bertz CT molecular complexity index is 344. The maximum atomic E-state index is 4.20. The smallest absolute Gasteiger partial charge is 0.125 e. The van der Waals surface area contributed by atoms with E-state index in [-0.39, 0.29) is 0 Å². The standard InChI is InChI=1S/C13H14N2/c1-2-6-12(7-3-1)9-11-15-13-8-4-5-10-14-13/h1-8,10H,9,11H2,(H,14,15). The van der Waals surface area contributed by atoms with E-state index < -0.39 is 0 Å². The summed E-state index contributed by atoms with van der Waals surface area (Å²) in [4.78, 5) is 4.20. The van der Waals surface area contributed by atoms with E-state index in [4.69, 9.17) is 0 Å². The Hall–Kier alpha value is -1.83. The molecule has 2 nitrogen and oxygen atoms in total.